The van der Waals surface area contributed by atoms with E-state index in [1.807, 2.05) is 0 Å². The normalized spacial score (nSPS) is 14.2. The summed E-state index contributed by atoms with van der Waals surface area (Å²) in [7, 11) is 0. The summed E-state index contributed by atoms with van der Waals surface area (Å²) >= 11 is 0. The van der Waals surface area contributed by atoms with Crippen LogP contribution in [0, 0.1) is 5.92 Å². The Kier molecular flexibility index (Phi) is 5.04. The maximum atomic E-state index is 11.0. The molecule has 0 heterocycles. The molecule has 5 nitrogen and oxygen atoms in total. The second-order valence-electron chi connectivity index (χ2n) is 4.37. The van der Waals surface area contributed by atoms with Crippen molar-refractivity contribution < 1.29 is 24.7 Å². The lowest BCUT2D eigenvalue weighted by Crippen LogP contribution is -2.34. The van der Waals surface area contributed by atoms with Gasteiger partial charge in [-0.3, -0.25) is 4.89 Å². The molecule has 0 saturated heterocycles. The second kappa shape index (κ2) is 5.29. The second-order valence-corrected chi connectivity index (χ2v) is 4.37. The molecule has 0 aromatic rings. The topological polar surface area (TPSA) is 65.0 Å². The van der Waals surface area contributed by atoms with Gasteiger partial charge in [-0.2, -0.15) is 5.26 Å². The third kappa shape index (κ3) is 5.16. The maximum absolute atomic E-state index is 11.0. The summed E-state index contributed by atoms with van der Waals surface area (Å²) in [5.74, 6) is -0.999. The van der Waals surface area contributed by atoms with Gasteiger partial charge in [0.25, 0.3) is 0 Å². The molecule has 0 radical (unpaired) electrons. The molecule has 0 aliphatic heterocycles. The molecule has 0 aliphatic carbocycles. The lowest BCUT2D eigenvalue weighted by Gasteiger charge is -2.23. The summed E-state index contributed by atoms with van der Waals surface area (Å²) in [6.07, 6.45) is -0.917. The molecule has 0 fully saturated rings. The van der Waals surface area contributed by atoms with Crippen molar-refractivity contribution in [3.05, 3.63) is 0 Å². The molecule has 0 spiro atoms. The minimum atomic E-state index is -0.917. The molecule has 1 atom stereocenters. The van der Waals surface area contributed by atoms with Crippen LogP contribution in [0.25, 0.3) is 0 Å². The van der Waals surface area contributed by atoms with Crippen LogP contribution in [0.4, 0.5) is 0 Å². The largest absolute Gasteiger partial charge is 0.374 e. The highest BCUT2D eigenvalue weighted by Crippen LogP contribution is 2.14. The van der Waals surface area contributed by atoms with Gasteiger partial charge in [0, 0.05) is 0 Å². The molecule has 1 N–H and O–H groups in total. The van der Waals surface area contributed by atoms with Crippen molar-refractivity contribution in [2.24, 2.45) is 5.92 Å². The van der Waals surface area contributed by atoms with Crippen molar-refractivity contribution in [3.63, 3.8) is 0 Å². The van der Waals surface area contributed by atoms with E-state index in [-0.39, 0.29) is 5.92 Å². The number of hydrogen-bond acceptors (Lipinski definition) is 5. The van der Waals surface area contributed by atoms with Crippen LogP contribution in [0.15, 0.2) is 0 Å². The monoisotopic (exact) mass is 206 g/mol. The molecule has 0 saturated carbocycles. The summed E-state index contributed by atoms with van der Waals surface area (Å²) in [5.41, 5.74) is -0.511. The zero-order valence-corrected chi connectivity index (χ0v) is 9.23. The Morgan fingerprint density at radius 1 is 1.29 bits per heavy atom. The van der Waals surface area contributed by atoms with E-state index in [0.717, 1.165) is 0 Å². The fourth-order valence-electron chi connectivity index (χ4n) is 0.671. The molecule has 1 unspecified atom stereocenters. The van der Waals surface area contributed by atoms with Crippen LogP contribution in [-0.2, 0) is 19.5 Å². The molecule has 0 aliphatic rings. The lowest BCUT2D eigenvalue weighted by atomic mass is 10.1. The van der Waals surface area contributed by atoms with Crippen LogP contribution in [-0.4, -0.2) is 22.9 Å². The van der Waals surface area contributed by atoms with Crippen LogP contribution in [0.2, 0.25) is 0 Å². The Morgan fingerprint density at radius 2 is 1.79 bits per heavy atom. The summed E-state index contributed by atoms with van der Waals surface area (Å²) in [6.45, 7) is 8.87. The fraction of sp³-hybridized carbons (Fsp3) is 0.889. The van der Waals surface area contributed by atoms with Gasteiger partial charge in [0.2, 0.25) is 0 Å². The van der Waals surface area contributed by atoms with E-state index >= 15 is 0 Å². The zero-order valence-electron chi connectivity index (χ0n) is 9.23. The predicted octanol–water partition coefficient (Wildman–Crippen LogP) is 1.77. The Hall–Kier alpha value is -0.650. The van der Waals surface area contributed by atoms with E-state index in [1.165, 1.54) is 0 Å². The predicted molar refractivity (Wildman–Crippen MR) is 49.3 cm³/mol. The Morgan fingerprint density at radius 3 is 2.07 bits per heavy atom. The Labute approximate surface area is 83.8 Å². The van der Waals surface area contributed by atoms with Crippen LogP contribution in [0.5, 0.6) is 0 Å². The Bertz CT molecular complexity index is 182. The first-order chi connectivity index (χ1) is 6.28. The van der Waals surface area contributed by atoms with Gasteiger partial charge in [-0.25, -0.2) is 14.6 Å². The minimum absolute atomic E-state index is 0.142. The van der Waals surface area contributed by atoms with Crippen molar-refractivity contribution in [2.45, 2.75) is 46.3 Å². The van der Waals surface area contributed by atoms with Gasteiger partial charge in [-0.05, 0) is 26.7 Å². The molecule has 0 aromatic carbocycles. The van der Waals surface area contributed by atoms with Gasteiger partial charge in [-0.1, -0.05) is 13.8 Å². The minimum Gasteiger partial charge on any atom is -0.298 e. The van der Waals surface area contributed by atoms with Crippen LogP contribution in [0.1, 0.15) is 34.6 Å². The van der Waals surface area contributed by atoms with Crippen LogP contribution in [0.3, 0.4) is 0 Å². The first-order valence-electron chi connectivity index (χ1n) is 4.47. The van der Waals surface area contributed by atoms with Crippen molar-refractivity contribution in [1.82, 2.24) is 0 Å². The molecule has 0 amide bonds. The van der Waals surface area contributed by atoms with Crippen LogP contribution >= 0.6 is 0 Å². The molecule has 84 valence electrons. The van der Waals surface area contributed by atoms with Gasteiger partial charge in [0.1, 0.15) is 0 Å². The van der Waals surface area contributed by atoms with Gasteiger partial charge < -0.3 is 0 Å². The summed E-state index contributed by atoms with van der Waals surface area (Å²) in [5, 5.41) is 8.20. The first kappa shape index (κ1) is 13.4. The van der Waals surface area contributed by atoms with Gasteiger partial charge >= 0.3 is 5.97 Å². The molecule has 0 bridgehead atoms. The van der Waals surface area contributed by atoms with Gasteiger partial charge in [-0.15, -0.1) is 0 Å². The van der Waals surface area contributed by atoms with Crippen molar-refractivity contribution in [1.29, 1.82) is 0 Å². The molecule has 0 rings (SSSR count). The van der Waals surface area contributed by atoms with E-state index in [4.69, 9.17) is 15.0 Å². The van der Waals surface area contributed by atoms with Crippen molar-refractivity contribution in [3.8, 4) is 0 Å². The van der Waals surface area contributed by atoms with E-state index < -0.39 is 17.7 Å². The number of hydrogen-bond donors (Lipinski definition) is 1. The molecule has 0 aromatic heterocycles. The third-order valence-corrected chi connectivity index (χ3v) is 1.33. The Balaban J connectivity index is 4.18. The summed E-state index contributed by atoms with van der Waals surface area (Å²) in [4.78, 5) is 24.4. The van der Waals surface area contributed by atoms with E-state index in [1.54, 1.807) is 34.6 Å². The summed E-state index contributed by atoms with van der Waals surface area (Å²) in [6, 6.07) is 0. The number of carbonyl (C=O) groups excluding carboxylic acids is 1. The van der Waals surface area contributed by atoms with E-state index in [9.17, 15) is 4.79 Å². The molecular formula is C9H18O5. The van der Waals surface area contributed by atoms with Crippen molar-refractivity contribution >= 4 is 5.97 Å². The standard InChI is InChI=1S/C9H18O5/c1-6(2)7(8(10)12-11)13-14-9(3,4)5/h6-7,11H,1-5H3. The van der Waals surface area contributed by atoms with Crippen molar-refractivity contribution in [2.75, 3.05) is 0 Å². The average molecular weight is 206 g/mol. The molecule has 14 heavy (non-hydrogen) atoms. The molecule has 5 heteroatoms. The quantitative estimate of drug-likeness (QED) is 0.561. The summed E-state index contributed by atoms with van der Waals surface area (Å²) < 4.78 is 0. The van der Waals surface area contributed by atoms with Crippen LogP contribution < -0.4 is 0 Å². The maximum Gasteiger partial charge on any atom is 0.374 e. The molecular weight excluding hydrogens is 188 g/mol. The van der Waals surface area contributed by atoms with Gasteiger partial charge in [0.05, 0.1) is 5.60 Å². The average Bonchev–Trinajstić information content (AvgIpc) is 2.01. The lowest BCUT2D eigenvalue weighted by molar-refractivity contribution is -0.379. The first-order valence-corrected chi connectivity index (χ1v) is 4.47. The van der Waals surface area contributed by atoms with E-state index in [2.05, 4.69) is 4.89 Å². The van der Waals surface area contributed by atoms with Gasteiger partial charge in [0.15, 0.2) is 6.10 Å². The highest BCUT2D eigenvalue weighted by molar-refractivity contribution is 5.74. The smallest absolute Gasteiger partial charge is 0.298 e. The number of rotatable bonds is 4. The third-order valence-electron chi connectivity index (χ3n) is 1.33. The number of carbonyl (C=O) groups is 1. The SMILES string of the molecule is CC(C)C(OOC(C)(C)C)C(=O)OO. The highest BCUT2D eigenvalue weighted by Gasteiger charge is 2.28. The zero-order chi connectivity index (χ0) is 11.4. The highest BCUT2D eigenvalue weighted by atomic mass is 17.2. The fourth-order valence-corrected chi connectivity index (χ4v) is 0.671. The van der Waals surface area contributed by atoms with E-state index in [0.29, 0.717) is 0 Å².